The molecule has 3 aromatic carbocycles. The zero-order chi connectivity index (χ0) is 21.3. The maximum atomic E-state index is 13.4. The third-order valence-electron chi connectivity index (χ3n) is 4.84. The average Bonchev–Trinajstić information content (AvgIpc) is 2.77. The van der Waals surface area contributed by atoms with Crippen molar-refractivity contribution in [2.75, 3.05) is 26.1 Å². The van der Waals surface area contributed by atoms with Gasteiger partial charge >= 0.3 is 0 Å². The van der Waals surface area contributed by atoms with E-state index < -0.39 is 6.04 Å². The normalized spacial score (nSPS) is 11.7. The molecule has 0 aromatic heterocycles. The minimum absolute atomic E-state index is 0.107. The second-order valence-electron chi connectivity index (χ2n) is 6.99. The minimum atomic E-state index is -0.456. The third-order valence-corrected chi connectivity index (χ3v) is 4.84. The molecule has 1 amide bonds. The molecule has 30 heavy (non-hydrogen) atoms. The highest BCUT2D eigenvalue weighted by molar-refractivity contribution is 5.96. The van der Waals surface area contributed by atoms with Crippen molar-refractivity contribution >= 4 is 11.6 Å². The van der Waals surface area contributed by atoms with Crippen molar-refractivity contribution in [3.63, 3.8) is 0 Å². The van der Waals surface area contributed by atoms with Gasteiger partial charge in [0.1, 0.15) is 17.5 Å². The van der Waals surface area contributed by atoms with Gasteiger partial charge in [-0.1, -0.05) is 54.6 Å². The molecule has 1 N–H and O–H groups in total. The van der Waals surface area contributed by atoms with Crippen LogP contribution in [0.25, 0.3) is 0 Å². The molecule has 0 spiro atoms. The molecule has 3 aromatic rings. The van der Waals surface area contributed by atoms with Crippen molar-refractivity contribution in [2.24, 2.45) is 0 Å². The number of hydrogen-bond donors (Lipinski definition) is 1. The molecular weight excluding hydrogens is 376 g/mol. The van der Waals surface area contributed by atoms with Crippen LogP contribution < -0.4 is 14.8 Å². The number of carbonyl (C=O) groups is 1. The van der Waals surface area contributed by atoms with Crippen molar-refractivity contribution in [1.29, 1.82) is 0 Å². The van der Waals surface area contributed by atoms with Gasteiger partial charge in [-0.2, -0.15) is 0 Å². The SMILES string of the molecule is CCOc1ccccc1NC(=O)C(c1ccccc1)N(C)Cc1ccc(OC)cc1. The van der Waals surface area contributed by atoms with Gasteiger partial charge in [0, 0.05) is 6.54 Å². The molecule has 5 heteroatoms. The van der Waals surface area contributed by atoms with Gasteiger partial charge in [0.15, 0.2) is 0 Å². The monoisotopic (exact) mass is 404 g/mol. The van der Waals surface area contributed by atoms with Crippen LogP contribution in [0.1, 0.15) is 24.1 Å². The van der Waals surface area contributed by atoms with Gasteiger partial charge in [-0.25, -0.2) is 0 Å². The van der Waals surface area contributed by atoms with Crippen LogP contribution in [0.3, 0.4) is 0 Å². The second kappa shape index (κ2) is 10.5. The Balaban J connectivity index is 1.84. The van der Waals surface area contributed by atoms with E-state index in [2.05, 4.69) is 5.32 Å². The van der Waals surface area contributed by atoms with E-state index >= 15 is 0 Å². The molecule has 1 atom stereocenters. The number of benzene rings is 3. The zero-order valence-electron chi connectivity index (χ0n) is 17.7. The quantitative estimate of drug-likeness (QED) is 0.551. The van der Waals surface area contributed by atoms with Crippen LogP contribution >= 0.6 is 0 Å². The maximum Gasteiger partial charge on any atom is 0.246 e. The van der Waals surface area contributed by atoms with Gasteiger partial charge < -0.3 is 14.8 Å². The Morgan fingerprint density at radius 2 is 1.63 bits per heavy atom. The number of nitrogens with one attached hydrogen (secondary N) is 1. The highest BCUT2D eigenvalue weighted by atomic mass is 16.5. The van der Waals surface area contributed by atoms with Gasteiger partial charge in [-0.05, 0) is 49.4 Å². The Bertz CT molecular complexity index is 942. The summed E-state index contributed by atoms with van der Waals surface area (Å²) in [4.78, 5) is 15.4. The van der Waals surface area contributed by atoms with E-state index in [1.54, 1.807) is 7.11 Å². The van der Waals surface area contributed by atoms with Crippen molar-refractivity contribution in [1.82, 2.24) is 4.90 Å². The molecule has 0 aliphatic carbocycles. The smallest absolute Gasteiger partial charge is 0.246 e. The molecule has 0 aliphatic heterocycles. The Labute approximate surface area is 178 Å². The molecule has 156 valence electrons. The number of methoxy groups -OCH3 is 1. The summed E-state index contributed by atoms with van der Waals surface area (Å²) < 4.78 is 10.9. The number of anilines is 1. The standard InChI is InChI=1S/C25H28N2O3/c1-4-30-23-13-9-8-12-22(23)26-25(28)24(20-10-6-5-7-11-20)27(2)18-19-14-16-21(29-3)17-15-19/h5-17,24H,4,18H2,1-3H3,(H,26,28). The van der Waals surface area contributed by atoms with Crippen LogP contribution in [-0.2, 0) is 11.3 Å². The fraction of sp³-hybridized carbons (Fsp3) is 0.240. The van der Waals surface area contributed by atoms with Crippen molar-refractivity contribution in [3.8, 4) is 11.5 Å². The Morgan fingerprint density at radius 1 is 0.967 bits per heavy atom. The number of carbonyl (C=O) groups excluding carboxylic acids is 1. The number of amides is 1. The summed E-state index contributed by atoms with van der Waals surface area (Å²) in [6.07, 6.45) is 0. The largest absolute Gasteiger partial charge is 0.497 e. The molecular formula is C25H28N2O3. The third kappa shape index (κ3) is 5.39. The van der Waals surface area contributed by atoms with E-state index in [1.165, 1.54) is 0 Å². The topological polar surface area (TPSA) is 50.8 Å². The second-order valence-corrected chi connectivity index (χ2v) is 6.99. The summed E-state index contributed by atoms with van der Waals surface area (Å²) in [5, 5.41) is 3.05. The number of likely N-dealkylation sites (N-methyl/N-ethyl adjacent to an activating group) is 1. The molecule has 0 saturated heterocycles. The summed E-state index contributed by atoms with van der Waals surface area (Å²) in [5.74, 6) is 1.37. The van der Waals surface area contributed by atoms with Crippen LogP contribution in [0.4, 0.5) is 5.69 Å². The van der Waals surface area contributed by atoms with Crippen molar-refractivity contribution < 1.29 is 14.3 Å². The van der Waals surface area contributed by atoms with Crippen LogP contribution in [0, 0.1) is 0 Å². The van der Waals surface area contributed by atoms with Gasteiger partial charge in [-0.3, -0.25) is 9.69 Å². The van der Waals surface area contributed by atoms with Crippen LogP contribution in [0.2, 0.25) is 0 Å². The molecule has 0 radical (unpaired) electrons. The van der Waals surface area contributed by atoms with Crippen molar-refractivity contribution in [3.05, 3.63) is 90.0 Å². The molecule has 0 fully saturated rings. The fourth-order valence-corrected chi connectivity index (χ4v) is 3.40. The number of ether oxygens (including phenoxy) is 2. The number of hydrogen-bond acceptors (Lipinski definition) is 4. The lowest BCUT2D eigenvalue weighted by molar-refractivity contribution is -0.121. The highest BCUT2D eigenvalue weighted by Gasteiger charge is 2.26. The molecule has 0 bridgehead atoms. The van der Waals surface area contributed by atoms with Crippen molar-refractivity contribution in [2.45, 2.75) is 19.5 Å². The van der Waals surface area contributed by atoms with E-state index in [9.17, 15) is 4.79 Å². The molecule has 5 nitrogen and oxygen atoms in total. The number of rotatable bonds is 9. The summed E-state index contributed by atoms with van der Waals surface area (Å²) in [5.41, 5.74) is 2.70. The first kappa shape index (κ1) is 21.4. The predicted octanol–water partition coefficient (Wildman–Crippen LogP) is 4.91. The molecule has 3 rings (SSSR count). The van der Waals surface area contributed by atoms with E-state index in [-0.39, 0.29) is 5.91 Å². The van der Waals surface area contributed by atoms with Crippen LogP contribution in [-0.4, -0.2) is 31.6 Å². The maximum absolute atomic E-state index is 13.4. The molecule has 0 heterocycles. The van der Waals surface area contributed by atoms with Crippen LogP contribution in [0.5, 0.6) is 11.5 Å². The first-order valence-electron chi connectivity index (χ1n) is 10.0. The number of para-hydroxylation sites is 2. The van der Waals surface area contributed by atoms with Gasteiger partial charge in [0.2, 0.25) is 5.91 Å². The Kier molecular flexibility index (Phi) is 7.46. The van der Waals surface area contributed by atoms with E-state index in [0.717, 1.165) is 16.9 Å². The van der Waals surface area contributed by atoms with E-state index in [4.69, 9.17) is 9.47 Å². The summed E-state index contributed by atoms with van der Waals surface area (Å²) >= 11 is 0. The molecule has 0 aliphatic rings. The van der Waals surface area contributed by atoms with Gasteiger partial charge in [0.25, 0.3) is 0 Å². The summed E-state index contributed by atoms with van der Waals surface area (Å²) in [6.45, 7) is 3.07. The minimum Gasteiger partial charge on any atom is -0.497 e. The van der Waals surface area contributed by atoms with Gasteiger partial charge in [-0.15, -0.1) is 0 Å². The van der Waals surface area contributed by atoms with E-state index in [0.29, 0.717) is 24.6 Å². The first-order valence-corrected chi connectivity index (χ1v) is 10.0. The Hall–Kier alpha value is -3.31. The fourth-order valence-electron chi connectivity index (χ4n) is 3.40. The zero-order valence-corrected chi connectivity index (χ0v) is 17.7. The predicted molar refractivity (Wildman–Crippen MR) is 120 cm³/mol. The van der Waals surface area contributed by atoms with E-state index in [1.807, 2.05) is 97.7 Å². The lowest BCUT2D eigenvalue weighted by Crippen LogP contribution is -2.34. The Morgan fingerprint density at radius 3 is 2.30 bits per heavy atom. The summed E-state index contributed by atoms with van der Waals surface area (Å²) in [6, 6.07) is 24.7. The number of nitrogens with zero attached hydrogens (tertiary/aromatic N) is 1. The first-order chi connectivity index (χ1) is 14.6. The van der Waals surface area contributed by atoms with Gasteiger partial charge in [0.05, 0.1) is 19.4 Å². The average molecular weight is 405 g/mol. The summed E-state index contributed by atoms with van der Waals surface area (Å²) in [7, 11) is 3.60. The lowest BCUT2D eigenvalue weighted by Gasteiger charge is -2.28. The van der Waals surface area contributed by atoms with Crippen LogP contribution in [0.15, 0.2) is 78.9 Å². The highest BCUT2D eigenvalue weighted by Crippen LogP contribution is 2.28. The molecule has 1 unspecified atom stereocenters. The lowest BCUT2D eigenvalue weighted by atomic mass is 10.0. The molecule has 0 saturated carbocycles.